The minimum atomic E-state index is -3.74. The van der Waals surface area contributed by atoms with Crippen LogP contribution in [0.2, 0.25) is 0 Å². The molecule has 0 amide bonds. The molecule has 0 aliphatic carbocycles. The highest BCUT2D eigenvalue weighted by atomic mass is 32.2. The summed E-state index contributed by atoms with van der Waals surface area (Å²) in [6, 6.07) is 9.85. The van der Waals surface area contributed by atoms with Crippen LogP contribution in [0.15, 0.2) is 46.4 Å². The topological polar surface area (TPSA) is 88.0 Å². The number of aryl methyl sites for hydroxylation is 2. The van der Waals surface area contributed by atoms with Gasteiger partial charge in [-0.1, -0.05) is 12.1 Å². The van der Waals surface area contributed by atoms with Crippen LogP contribution in [0.4, 0.5) is 0 Å². The van der Waals surface area contributed by atoms with Crippen LogP contribution in [0.25, 0.3) is 0 Å². The summed E-state index contributed by atoms with van der Waals surface area (Å²) in [6.45, 7) is 5.77. The lowest BCUT2D eigenvalue weighted by Crippen LogP contribution is -2.19. The SMILES string of the molecule is CCOc1cc(/C=N/NS(=O)(=O)c2cc(C)ccc2C)ccc1O. The van der Waals surface area contributed by atoms with Crippen LogP contribution in [0.5, 0.6) is 11.5 Å². The number of hydrogen-bond acceptors (Lipinski definition) is 5. The molecule has 0 atom stereocenters. The van der Waals surface area contributed by atoms with Gasteiger partial charge in [0.1, 0.15) is 0 Å². The number of nitrogens with zero attached hydrogens (tertiary/aromatic N) is 1. The van der Waals surface area contributed by atoms with Gasteiger partial charge < -0.3 is 9.84 Å². The third-order valence-electron chi connectivity index (χ3n) is 3.30. The molecule has 0 aliphatic heterocycles. The van der Waals surface area contributed by atoms with E-state index in [0.717, 1.165) is 5.56 Å². The van der Waals surface area contributed by atoms with E-state index in [1.807, 2.05) is 13.0 Å². The summed E-state index contributed by atoms with van der Waals surface area (Å²) in [4.78, 5) is 2.39. The van der Waals surface area contributed by atoms with Crippen LogP contribution in [0, 0.1) is 13.8 Å². The lowest BCUT2D eigenvalue weighted by atomic mass is 10.2. The maximum absolute atomic E-state index is 12.3. The predicted molar refractivity (Wildman–Crippen MR) is 93.1 cm³/mol. The van der Waals surface area contributed by atoms with E-state index < -0.39 is 10.0 Å². The minimum absolute atomic E-state index is 0.0185. The van der Waals surface area contributed by atoms with Crippen molar-refractivity contribution in [2.75, 3.05) is 6.61 Å². The Kier molecular flexibility index (Phi) is 5.46. The number of phenolic OH excluding ortho intramolecular Hbond substituents is 1. The molecule has 7 heteroatoms. The van der Waals surface area contributed by atoms with Gasteiger partial charge in [-0.2, -0.15) is 13.5 Å². The highest BCUT2D eigenvalue weighted by Gasteiger charge is 2.15. The Labute approximate surface area is 141 Å². The van der Waals surface area contributed by atoms with Gasteiger partial charge in [-0.3, -0.25) is 0 Å². The van der Waals surface area contributed by atoms with Crippen LogP contribution >= 0.6 is 0 Å². The number of ether oxygens (including phenoxy) is 1. The molecule has 0 heterocycles. The molecule has 2 rings (SSSR count). The van der Waals surface area contributed by atoms with Crippen molar-refractivity contribution in [1.29, 1.82) is 0 Å². The molecule has 24 heavy (non-hydrogen) atoms. The molecule has 2 aromatic rings. The van der Waals surface area contributed by atoms with Gasteiger partial charge in [0.2, 0.25) is 0 Å². The molecular weight excluding hydrogens is 328 g/mol. The lowest BCUT2D eigenvalue weighted by Gasteiger charge is -2.08. The number of phenols is 1. The Bertz CT molecular complexity index is 861. The van der Waals surface area contributed by atoms with E-state index in [1.165, 1.54) is 12.3 Å². The summed E-state index contributed by atoms with van der Waals surface area (Å²) in [5, 5.41) is 13.4. The number of benzene rings is 2. The van der Waals surface area contributed by atoms with Gasteiger partial charge in [0.15, 0.2) is 11.5 Å². The molecule has 2 aromatic carbocycles. The standard InChI is InChI=1S/C17H20N2O4S/c1-4-23-16-10-14(7-8-15(16)20)11-18-19-24(21,22)17-9-12(2)5-6-13(17)3/h5-11,19-20H,4H2,1-3H3/b18-11+. The fourth-order valence-electron chi connectivity index (χ4n) is 2.10. The van der Waals surface area contributed by atoms with Gasteiger partial charge in [-0.25, -0.2) is 4.83 Å². The van der Waals surface area contributed by atoms with Crippen molar-refractivity contribution >= 4 is 16.2 Å². The van der Waals surface area contributed by atoms with Crippen LogP contribution in [0.1, 0.15) is 23.6 Å². The second kappa shape index (κ2) is 7.35. The van der Waals surface area contributed by atoms with Crippen LogP contribution in [-0.4, -0.2) is 26.3 Å². The number of rotatable bonds is 6. The average molecular weight is 348 g/mol. The van der Waals surface area contributed by atoms with Gasteiger partial charge in [0.25, 0.3) is 10.0 Å². The Morgan fingerprint density at radius 1 is 1.21 bits per heavy atom. The second-order valence-electron chi connectivity index (χ2n) is 5.28. The summed E-state index contributed by atoms with van der Waals surface area (Å²) in [6.07, 6.45) is 1.35. The number of hydrogen-bond donors (Lipinski definition) is 2. The lowest BCUT2D eigenvalue weighted by molar-refractivity contribution is 0.318. The van der Waals surface area contributed by atoms with E-state index in [-0.39, 0.29) is 10.6 Å². The molecule has 0 saturated heterocycles. The highest BCUT2D eigenvalue weighted by Crippen LogP contribution is 2.26. The monoisotopic (exact) mass is 348 g/mol. The minimum Gasteiger partial charge on any atom is -0.504 e. The predicted octanol–water partition coefficient (Wildman–Crippen LogP) is 2.72. The number of aromatic hydroxyl groups is 1. The molecule has 0 unspecified atom stereocenters. The highest BCUT2D eigenvalue weighted by molar-refractivity contribution is 7.89. The maximum atomic E-state index is 12.3. The summed E-state index contributed by atoms with van der Waals surface area (Å²) >= 11 is 0. The van der Waals surface area contributed by atoms with Crippen LogP contribution < -0.4 is 9.57 Å². The first-order valence-corrected chi connectivity index (χ1v) is 8.89. The zero-order valence-electron chi connectivity index (χ0n) is 13.8. The van der Waals surface area contributed by atoms with Gasteiger partial charge in [0, 0.05) is 0 Å². The molecule has 0 radical (unpaired) electrons. The summed E-state index contributed by atoms with van der Waals surface area (Å²) in [7, 11) is -3.74. The van der Waals surface area contributed by atoms with E-state index in [9.17, 15) is 13.5 Å². The molecule has 0 fully saturated rings. The molecule has 0 spiro atoms. The summed E-state index contributed by atoms with van der Waals surface area (Å²) < 4.78 is 29.9. The Hall–Kier alpha value is -2.54. The van der Waals surface area contributed by atoms with E-state index in [4.69, 9.17) is 4.74 Å². The van der Waals surface area contributed by atoms with Gasteiger partial charge >= 0.3 is 0 Å². The van der Waals surface area contributed by atoms with Crippen molar-refractivity contribution in [2.45, 2.75) is 25.7 Å². The number of nitrogens with one attached hydrogen (secondary N) is 1. The molecule has 128 valence electrons. The largest absolute Gasteiger partial charge is 0.504 e. The quantitative estimate of drug-likeness (QED) is 0.621. The second-order valence-corrected chi connectivity index (χ2v) is 6.91. The van der Waals surface area contributed by atoms with Crippen molar-refractivity contribution in [1.82, 2.24) is 4.83 Å². The van der Waals surface area contributed by atoms with Crippen LogP contribution in [0.3, 0.4) is 0 Å². The molecule has 0 aromatic heterocycles. The molecule has 6 nitrogen and oxygen atoms in total. The maximum Gasteiger partial charge on any atom is 0.276 e. The van der Waals surface area contributed by atoms with E-state index in [1.54, 1.807) is 38.1 Å². The summed E-state index contributed by atoms with van der Waals surface area (Å²) in [5.74, 6) is 0.337. The Morgan fingerprint density at radius 3 is 2.67 bits per heavy atom. The number of sulfonamides is 1. The molecule has 0 aliphatic rings. The first-order valence-electron chi connectivity index (χ1n) is 7.41. The first kappa shape index (κ1) is 17.8. The van der Waals surface area contributed by atoms with Crippen molar-refractivity contribution in [3.8, 4) is 11.5 Å². The van der Waals surface area contributed by atoms with E-state index >= 15 is 0 Å². The zero-order valence-corrected chi connectivity index (χ0v) is 14.6. The van der Waals surface area contributed by atoms with Crippen molar-refractivity contribution in [3.63, 3.8) is 0 Å². The fourth-order valence-corrected chi connectivity index (χ4v) is 3.22. The van der Waals surface area contributed by atoms with Gasteiger partial charge in [-0.15, -0.1) is 0 Å². The summed E-state index contributed by atoms with van der Waals surface area (Å²) in [5.41, 5.74) is 2.09. The average Bonchev–Trinajstić information content (AvgIpc) is 2.53. The van der Waals surface area contributed by atoms with Crippen molar-refractivity contribution in [3.05, 3.63) is 53.1 Å². The smallest absolute Gasteiger partial charge is 0.276 e. The fraction of sp³-hybridized carbons (Fsp3) is 0.235. The van der Waals surface area contributed by atoms with Gasteiger partial charge in [0.05, 0.1) is 17.7 Å². The molecule has 0 saturated carbocycles. The van der Waals surface area contributed by atoms with Crippen LogP contribution in [-0.2, 0) is 10.0 Å². The third-order valence-corrected chi connectivity index (χ3v) is 4.67. The van der Waals surface area contributed by atoms with Gasteiger partial charge in [-0.05, 0) is 61.7 Å². The number of hydrazone groups is 1. The normalized spacial score (nSPS) is 11.6. The Morgan fingerprint density at radius 2 is 1.96 bits per heavy atom. The molecule has 2 N–H and O–H groups in total. The molecule has 0 bridgehead atoms. The molecular formula is C17H20N2O4S. The van der Waals surface area contributed by atoms with Crippen molar-refractivity contribution < 1.29 is 18.3 Å². The third kappa shape index (κ3) is 4.26. The Balaban J connectivity index is 2.19. The van der Waals surface area contributed by atoms with E-state index in [2.05, 4.69) is 9.93 Å². The zero-order chi connectivity index (χ0) is 17.7. The van der Waals surface area contributed by atoms with E-state index in [0.29, 0.717) is 23.5 Å². The van der Waals surface area contributed by atoms with Crippen molar-refractivity contribution in [2.24, 2.45) is 5.10 Å². The first-order chi connectivity index (χ1) is 11.3.